The van der Waals surface area contributed by atoms with Crippen LogP contribution in [0, 0.1) is 24.2 Å². The van der Waals surface area contributed by atoms with Crippen LogP contribution >= 0.6 is 0 Å². The molecule has 1 atom stereocenters. The lowest BCUT2D eigenvalue weighted by molar-refractivity contribution is -0.142. The predicted octanol–water partition coefficient (Wildman–Crippen LogP) is 2.29. The number of carbonyl (C=O) groups is 1. The Morgan fingerprint density at radius 1 is 1.35 bits per heavy atom. The predicted molar refractivity (Wildman–Crippen MR) is 94.6 cm³/mol. The van der Waals surface area contributed by atoms with Crippen LogP contribution in [0.2, 0.25) is 0 Å². The van der Waals surface area contributed by atoms with Crippen molar-refractivity contribution in [1.82, 2.24) is 10.3 Å². The lowest BCUT2D eigenvalue weighted by Crippen LogP contribution is -2.53. The number of rotatable bonds is 3. The third-order valence-electron chi connectivity index (χ3n) is 6.08. The number of aromatic nitrogens is 1. The zero-order valence-electron chi connectivity index (χ0n) is 15.3. The molecule has 1 N–H and O–H groups in total. The highest BCUT2D eigenvalue weighted by molar-refractivity contribution is 5.79. The second kappa shape index (κ2) is 6.92. The van der Waals surface area contributed by atoms with Gasteiger partial charge in [0, 0.05) is 38.6 Å². The molecule has 4 rings (SSSR count). The minimum Gasteiger partial charge on any atom is -0.424 e. The summed E-state index contributed by atoms with van der Waals surface area (Å²) >= 11 is 0. The van der Waals surface area contributed by atoms with Gasteiger partial charge in [0.05, 0.1) is 5.60 Å². The summed E-state index contributed by atoms with van der Waals surface area (Å²) < 4.78 is 11.5. The average Bonchev–Trinajstić information content (AvgIpc) is 3.01. The van der Waals surface area contributed by atoms with E-state index in [-0.39, 0.29) is 23.5 Å². The molecule has 26 heavy (non-hydrogen) atoms. The molecule has 0 aromatic carbocycles. The van der Waals surface area contributed by atoms with E-state index in [1.807, 2.05) is 4.90 Å². The zero-order chi connectivity index (χ0) is 18.1. The summed E-state index contributed by atoms with van der Waals surface area (Å²) in [4.78, 5) is 18.8. The monoisotopic (exact) mass is 358 g/mol. The minimum absolute atomic E-state index is 0.0287. The summed E-state index contributed by atoms with van der Waals surface area (Å²) in [5.41, 5.74) is 0.385. The van der Waals surface area contributed by atoms with Gasteiger partial charge in [-0.25, -0.2) is 4.98 Å². The van der Waals surface area contributed by atoms with Crippen LogP contribution in [-0.4, -0.2) is 42.2 Å². The Morgan fingerprint density at radius 3 is 2.77 bits per heavy atom. The van der Waals surface area contributed by atoms with Crippen LogP contribution in [0.1, 0.15) is 56.5 Å². The third kappa shape index (κ3) is 3.30. The molecule has 1 aliphatic carbocycles. The van der Waals surface area contributed by atoms with Crippen LogP contribution in [0.25, 0.3) is 0 Å². The summed E-state index contributed by atoms with van der Waals surface area (Å²) in [6.07, 6.45) is 6.92. The van der Waals surface area contributed by atoms with Crippen molar-refractivity contribution in [3.05, 3.63) is 11.6 Å². The number of carbonyl (C=O) groups excluding carboxylic acids is 1. The van der Waals surface area contributed by atoms with Crippen molar-refractivity contribution in [2.75, 3.05) is 24.6 Å². The molecule has 1 saturated carbocycles. The van der Waals surface area contributed by atoms with Gasteiger partial charge in [-0.3, -0.25) is 4.79 Å². The van der Waals surface area contributed by atoms with Crippen molar-refractivity contribution in [1.29, 1.82) is 5.26 Å². The standard InChI is InChI=1S/C19H26N4O3/c1-13-21-16(12-20)18(26-13)23-8-3-14(4-9-23)17(24)22-15-5-10-25-19(11-15)6-2-7-19/h14-15H,2-11H2,1H3,(H,22,24). The maximum absolute atomic E-state index is 12.7. The highest BCUT2D eigenvalue weighted by Crippen LogP contribution is 2.42. The molecular formula is C19H26N4O3. The van der Waals surface area contributed by atoms with E-state index in [1.165, 1.54) is 6.42 Å². The van der Waals surface area contributed by atoms with Crippen molar-refractivity contribution in [2.24, 2.45) is 5.92 Å². The number of ether oxygens (including phenoxy) is 1. The molecule has 7 nitrogen and oxygen atoms in total. The number of nitriles is 1. The quantitative estimate of drug-likeness (QED) is 0.891. The fourth-order valence-electron chi connectivity index (χ4n) is 4.44. The SMILES string of the molecule is Cc1nc(C#N)c(N2CCC(C(=O)NC3CCOC4(CCC4)C3)CC2)o1. The highest BCUT2D eigenvalue weighted by Gasteiger charge is 2.43. The molecule has 1 amide bonds. The zero-order valence-corrected chi connectivity index (χ0v) is 15.3. The number of aryl methyl sites for hydroxylation is 1. The lowest BCUT2D eigenvalue weighted by atomic mass is 9.74. The number of anilines is 1. The van der Waals surface area contributed by atoms with E-state index in [2.05, 4.69) is 16.4 Å². The smallest absolute Gasteiger partial charge is 0.234 e. The molecule has 1 unspecified atom stereocenters. The number of oxazole rings is 1. The molecular weight excluding hydrogens is 332 g/mol. The Bertz CT molecular complexity index is 711. The summed E-state index contributed by atoms with van der Waals surface area (Å²) in [6.45, 7) is 3.91. The van der Waals surface area contributed by atoms with Crippen LogP contribution < -0.4 is 10.2 Å². The fourth-order valence-corrected chi connectivity index (χ4v) is 4.44. The van der Waals surface area contributed by atoms with Gasteiger partial charge < -0.3 is 19.4 Å². The minimum atomic E-state index is 0.0287. The van der Waals surface area contributed by atoms with E-state index in [0.717, 1.165) is 45.1 Å². The van der Waals surface area contributed by atoms with E-state index in [0.29, 0.717) is 30.6 Å². The van der Waals surface area contributed by atoms with Gasteiger partial charge in [-0.15, -0.1) is 0 Å². The van der Waals surface area contributed by atoms with E-state index in [1.54, 1.807) is 6.92 Å². The van der Waals surface area contributed by atoms with Gasteiger partial charge in [-0.2, -0.15) is 5.26 Å². The van der Waals surface area contributed by atoms with Gasteiger partial charge in [0.2, 0.25) is 17.5 Å². The Balaban J connectivity index is 1.30. The number of nitrogens with one attached hydrogen (secondary N) is 1. The fraction of sp³-hybridized carbons (Fsp3) is 0.737. The van der Waals surface area contributed by atoms with Gasteiger partial charge in [0.25, 0.3) is 0 Å². The summed E-state index contributed by atoms with van der Waals surface area (Å²) in [6, 6.07) is 2.33. The van der Waals surface area contributed by atoms with Crippen molar-refractivity contribution < 1.29 is 13.9 Å². The molecule has 3 fully saturated rings. The van der Waals surface area contributed by atoms with Crippen LogP contribution in [0.5, 0.6) is 0 Å². The van der Waals surface area contributed by atoms with Crippen molar-refractivity contribution >= 4 is 11.8 Å². The number of hydrogen-bond acceptors (Lipinski definition) is 6. The Labute approximate surface area is 153 Å². The lowest BCUT2D eigenvalue weighted by Gasteiger charge is -2.47. The van der Waals surface area contributed by atoms with Crippen molar-refractivity contribution in [3.63, 3.8) is 0 Å². The first-order valence-corrected chi connectivity index (χ1v) is 9.65. The number of piperidine rings is 1. The van der Waals surface area contributed by atoms with E-state index < -0.39 is 0 Å². The summed E-state index contributed by atoms with van der Waals surface area (Å²) in [5.74, 6) is 1.24. The Hall–Kier alpha value is -2.07. The molecule has 140 valence electrons. The first-order valence-electron chi connectivity index (χ1n) is 9.65. The second-order valence-electron chi connectivity index (χ2n) is 7.84. The largest absolute Gasteiger partial charge is 0.424 e. The Morgan fingerprint density at radius 2 is 2.12 bits per heavy atom. The van der Waals surface area contributed by atoms with Gasteiger partial charge in [-0.1, -0.05) is 0 Å². The average molecular weight is 358 g/mol. The first kappa shape index (κ1) is 17.3. The third-order valence-corrected chi connectivity index (χ3v) is 6.08. The molecule has 7 heteroatoms. The van der Waals surface area contributed by atoms with Crippen LogP contribution in [-0.2, 0) is 9.53 Å². The number of amides is 1. The van der Waals surface area contributed by atoms with Crippen LogP contribution in [0.4, 0.5) is 5.88 Å². The molecule has 3 aliphatic rings. The van der Waals surface area contributed by atoms with Gasteiger partial charge in [-0.05, 0) is 44.9 Å². The summed E-state index contributed by atoms with van der Waals surface area (Å²) in [7, 11) is 0. The molecule has 0 bridgehead atoms. The molecule has 1 aromatic heterocycles. The maximum atomic E-state index is 12.7. The molecule has 0 radical (unpaired) electrons. The normalized spacial score (nSPS) is 25.5. The van der Waals surface area contributed by atoms with Gasteiger partial charge in [0.1, 0.15) is 6.07 Å². The van der Waals surface area contributed by atoms with Crippen LogP contribution in [0.15, 0.2) is 4.42 Å². The summed E-state index contributed by atoms with van der Waals surface area (Å²) in [5, 5.41) is 12.4. The first-order chi connectivity index (χ1) is 12.6. The molecule has 1 aromatic rings. The second-order valence-corrected chi connectivity index (χ2v) is 7.84. The molecule has 1 spiro atoms. The molecule has 2 aliphatic heterocycles. The Kier molecular flexibility index (Phi) is 4.62. The number of nitrogens with zero attached hydrogens (tertiary/aromatic N) is 3. The van der Waals surface area contributed by atoms with E-state index in [9.17, 15) is 10.1 Å². The molecule has 3 heterocycles. The maximum Gasteiger partial charge on any atom is 0.234 e. The van der Waals surface area contributed by atoms with Crippen molar-refractivity contribution in [3.8, 4) is 6.07 Å². The van der Waals surface area contributed by atoms with Crippen LogP contribution in [0.3, 0.4) is 0 Å². The van der Waals surface area contributed by atoms with Gasteiger partial charge >= 0.3 is 0 Å². The van der Waals surface area contributed by atoms with Crippen molar-refractivity contribution in [2.45, 2.75) is 63.5 Å². The van der Waals surface area contributed by atoms with E-state index >= 15 is 0 Å². The van der Waals surface area contributed by atoms with E-state index in [4.69, 9.17) is 9.15 Å². The number of hydrogen-bond donors (Lipinski definition) is 1. The molecule has 2 saturated heterocycles. The highest BCUT2D eigenvalue weighted by atomic mass is 16.5. The van der Waals surface area contributed by atoms with Gasteiger partial charge in [0.15, 0.2) is 5.89 Å². The topological polar surface area (TPSA) is 91.4 Å².